The predicted molar refractivity (Wildman–Crippen MR) is 61.0 cm³/mol. The molecule has 0 atom stereocenters. The number of terminal acetylenes is 1. The van der Waals surface area contributed by atoms with Gasteiger partial charge in [-0.25, -0.2) is 9.97 Å². The Balaban J connectivity index is 2.67. The van der Waals surface area contributed by atoms with Gasteiger partial charge in [-0.1, -0.05) is 6.92 Å². The Hall–Kier alpha value is -1.08. The largest absolute Gasteiger partial charge is 0.369 e. The lowest BCUT2D eigenvalue weighted by molar-refractivity contribution is 0.921. The molecule has 0 amide bonds. The van der Waals surface area contributed by atoms with Crippen LogP contribution in [0.1, 0.15) is 19.2 Å². The van der Waals surface area contributed by atoms with Gasteiger partial charge in [-0.3, -0.25) is 0 Å². The highest BCUT2D eigenvalue weighted by atomic mass is 79.9. The summed E-state index contributed by atoms with van der Waals surface area (Å²) in [5.74, 6) is 4.20. The first-order valence-corrected chi connectivity index (χ1v) is 5.26. The highest BCUT2D eigenvalue weighted by Gasteiger charge is 1.99. The molecule has 1 N–H and O–H groups in total. The number of nitrogens with one attached hydrogen (secondary N) is 1. The van der Waals surface area contributed by atoms with Crippen molar-refractivity contribution in [2.24, 2.45) is 0 Å². The summed E-state index contributed by atoms with van der Waals surface area (Å²) < 4.78 is 0.799. The monoisotopic (exact) mass is 253 g/mol. The summed E-state index contributed by atoms with van der Waals surface area (Å²) in [6.45, 7) is 2.76. The van der Waals surface area contributed by atoms with Crippen molar-refractivity contribution in [3.63, 3.8) is 0 Å². The minimum absolute atomic E-state index is 0.698. The second kappa shape index (κ2) is 5.61. The van der Waals surface area contributed by atoms with Crippen LogP contribution in [0, 0.1) is 12.3 Å². The van der Waals surface area contributed by atoms with E-state index in [4.69, 9.17) is 6.42 Å². The van der Waals surface area contributed by atoms with E-state index in [0.29, 0.717) is 6.42 Å². The fourth-order valence-electron chi connectivity index (χ4n) is 0.976. The molecule has 0 saturated carbocycles. The third-order valence-corrected chi connectivity index (χ3v) is 2.04. The summed E-state index contributed by atoms with van der Waals surface area (Å²) in [6.07, 6.45) is 6.67. The molecule has 1 aromatic heterocycles. The van der Waals surface area contributed by atoms with Crippen molar-refractivity contribution >= 4 is 21.7 Å². The second-order valence-electron chi connectivity index (χ2n) is 2.73. The van der Waals surface area contributed by atoms with E-state index < -0.39 is 0 Å². The molecule has 0 fully saturated rings. The predicted octanol–water partition coefficient (Wildman–Crippen LogP) is 2.24. The first-order valence-electron chi connectivity index (χ1n) is 4.47. The number of hydrogen-bond donors (Lipinski definition) is 1. The zero-order valence-corrected chi connectivity index (χ0v) is 9.63. The molecule has 3 nitrogen and oxygen atoms in total. The smallest absolute Gasteiger partial charge is 0.131 e. The van der Waals surface area contributed by atoms with Gasteiger partial charge in [0.15, 0.2) is 0 Å². The summed E-state index contributed by atoms with van der Waals surface area (Å²) in [4.78, 5) is 8.51. The third-order valence-electron chi connectivity index (χ3n) is 1.63. The quantitative estimate of drug-likeness (QED) is 0.508. The molecule has 1 aromatic rings. The SMILES string of the molecule is C#CCCNc1cc(Br)nc(CC)n1. The number of hydrogen-bond acceptors (Lipinski definition) is 3. The van der Waals surface area contributed by atoms with Crippen molar-refractivity contribution in [2.45, 2.75) is 19.8 Å². The Morgan fingerprint density at radius 2 is 2.36 bits per heavy atom. The molecule has 14 heavy (non-hydrogen) atoms. The first kappa shape index (κ1) is 11.0. The normalized spacial score (nSPS) is 9.50. The average Bonchev–Trinajstić information content (AvgIpc) is 2.17. The minimum atomic E-state index is 0.698. The van der Waals surface area contributed by atoms with E-state index >= 15 is 0 Å². The number of aromatic nitrogens is 2. The van der Waals surface area contributed by atoms with Gasteiger partial charge in [0.2, 0.25) is 0 Å². The standard InChI is InChI=1S/C10H12BrN3/c1-3-5-6-12-10-7-8(11)13-9(4-2)14-10/h1,7H,4-6H2,2H3,(H,12,13,14). The third kappa shape index (κ3) is 3.35. The van der Waals surface area contributed by atoms with Gasteiger partial charge in [0.25, 0.3) is 0 Å². The van der Waals surface area contributed by atoms with Gasteiger partial charge in [0.05, 0.1) is 0 Å². The maximum atomic E-state index is 5.15. The van der Waals surface area contributed by atoms with Crippen LogP contribution in [0.15, 0.2) is 10.7 Å². The van der Waals surface area contributed by atoms with E-state index in [-0.39, 0.29) is 0 Å². The number of halogens is 1. The Morgan fingerprint density at radius 1 is 1.57 bits per heavy atom. The van der Waals surface area contributed by atoms with Crippen molar-refractivity contribution in [3.05, 3.63) is 16.5 Å². The molecule has 0 bridgehead atoms. The maximum Gasteiger partial charge on any atom is 0.131 e. The van der Waals surface area contributed by atoms with Crippen molar-refractivity contribution < 1.29 is 0 Å². The van der Waals surface area contributed by atoms with Crippen molar-refractivity contribution in [3.8, 4) is 12.3 Å². The summed E-state index contributed by atoms with van der Waals surface area (Å²) >= 11 is 3.33. The zero-order chi connectivity index (χ0) is 10.4. The van der Waals surface area contributed by atoms with E-state index in [1.54, 1.807) is 0 Å². The van der Waals surface area contributed by atoms with Crippen molar-refractivity contribution in [2.75, 3.05) is 11.9 Å². The number of aryl methyl sites for hydroxylation is 1. The molecule has 0 aromatic carbocycles. The van der Waals surface area contributed by atoms with E-state index in [1.165, 1.54) is 0 Å². The molecular formula is C10H12BrN3. The van der Waals surface area contributed by atoms with E-state index in [1.807, 2.05) is 13.0 Å². The van der Waals surface area contributed by atoms with E-state index in [2.05, 4.69) is 37.1 Å². The molecule has 0 radical (unpaired) electrons. The lowest BCUT2D eigenvalue weighted by Gasteiger charge is -2.05. The van der Waals surface area contributed by atoms with Gasteiger partial charge in [0.1, 0.15) is 16.2 Å². The van der Waals surface area contributed by atoms with Crippen LogP contribution >= 0.6 is 15.9 Å². The topological polar surface area (TPSA) is 37.8 Å². The van der Waals surface area contributed by atoms with Gasteiger partial charge in [-0.05, 0) is 15.9 Å². The van der Waals surface area contributed by atoms with Gasteiger partial charge >= 0.3 is 0 Å². The molecule has 1 rings (SSSR count). The van der Waals surface area contributed by atoms with Crippen LogP contribution in [0.25, 0.3) is 0 Å². The highest BCUT2D eigenvalue weighted by Crippen LogP contribution is 2.12. The van der Waals surface area contributed by atoms with E-state index in [9.17, 15) is 0 Å². The molecule has 74 valence electrons. The average molecular weight is 254 g/mol. The van der Waals surface area contributed by atoms with Gasteiger partial charge in [-0.15, -0.1) is 12.3 Å². The first-order chi connectivity index (χ1) is 6.76. The summed E-state index contributed by atoms with van der Waals surface area (Å²) in [5, 5.41) is 3.14. The van der Waals surface area contributed by atoms with Crippen LogP contribution in [0.2, 0.25) is 0 Å². The number of rotatable bonds is 4. The van der Waals surface area contributed by atoms with Crippen LogP contribution < -0.4 is 5.32 Å². The lowest BCUT2D eigenvalue weighted by atomic mass is 10.4. The second-order valence-corrected chi connectivity index (χ2v) is 3.54. The van der Waals surface area contributed by atoms with Crippen molar-refractivity contribution in [1.82, 2.24) is 9.97 Å². The lowest BCUT2D eigenvalue weighted by Crippen LogP contribution is -2.05. The molecule has 0 spiro atoms. The van der Waals surface area contributed by atoms with Crippen LogP contribution in [0.3, 0.4) is 0 Å². The molecule has 0 unspecified atom stereocenters. The van der Waals surface area contributed by atoms with Crippen LogP contribution in [-0.2, 0) is 6.42 Å². The van der Waals surface area contributed by atoms with Gasteiger partial charge in [0, 0.05) is 25.5 Å². The summed E-state index contributed by atoms with van der Waals surface area (Å²) in [7, 11) is 0. The Bertz CT molecular complexity index is 344. The van der Waals surface area contributed by atoms with Crippen LogP contribution in [0.4, 0.5) is 5.82 Å². The van der Waals surface area contributed by atoms with Crippen LogP contribution in [0.5, 0.6) is 0 Å². The number of anilines is 1. The van der Waals surface area contributed by atoms with Crippen molar-refractivity contribution in [1.29, 1.82) is 0 Å². The molecular weight excluding hydrogens is 242 g/mol. The Labute approximate surface area is 92.5 Å². The zero-order valence-electron chi connectivity index (χ0n) is 8.05. The van der Waals surface area contributed by atoms with Gasteiger partial charge in [-0.2, -0.15) is 0 Å². The Kier molecular flexibility index (Phi) is 4.41. The number of nitrogens with zero attached hydrogens (tertiary/aromatic N) is 2. The van der Waals surface area contributed by atoms with E-state index in [0.717, 1.165) is 29.2 Å². The fraction of sp³-hybridized carbons (Fsp3) is 0.400. The molecule has 0 saturated heterocycles. The molecule has 0 aliphatic rings. The minimum Gasteiger partial charge on any atom is -0.369 e. The summed E-state index contributed by atoms with van der Waals surface area (Å²) in [5.41, 5.74) is 0. The fourth-order valence-corrected chi connectivity index (χ4v) is 1.40. The van der Waals surface area contributed by atoms with Crippen LogP contribution in [-0.4, -0.2) is 16.5 Å². The highest BCUT2D eigenvalue weighted by molar-refractivity contribution is 9.10. The molecule has 0 aliphatic carbocycles. The molecule has 4 heteroatoms. The summed E-state index contributed by atoms with van der Waals surface area (Å²) in [6, 6.07) is 1.84. The molecule has 0 aliphatic heterocycles. The Morgan fingerprint density at radius 3 is 3.00 bits per heavy atom. The van der Waals surface area contributed by atoms with Gasteiger partial charge < -0.3 is 5.32 Å². The maximum absolute atomic E-state index is 5.15. The molecule has 1 heterocycles.